The Kier molecular flexibility index (Phi) is 4.06. The first-order valence-electron chi connectivity index (χ1n) is 4.95. The maximum absolute atomic E-state index is 12.4. The van der Waals surface area contributed by atoms with Gasteiger partial charge in [-0.15, -0.1) is 11.3 Å². The van der Waals surface area contributed by atoms with E-state index in [1.807, 2.05) is 0 Å². The number of nitrogens with zero attached hydrogens (tertiary/aromatic N) is 1. The summed E-state index contributed by atoms with van der Waals surface area (Å²) >= 11 is 12.1. The third-order valence-corrected chi connectivity index (χ3v) is 4.24. The highest BCUT2D eigenvalue weighted by Crippen LogP contribution is 2.38. The summed E-state index contributed by atoms with van der Waals surface area (Å²) in [6, 6.07) is 4.57. The fourth-order valence-corrected chi connectivity index (χ4v) is 2.63. The molecule has 0 aliphatic heterocycles. The van der Waals surface area contributed by atoms with Crippen molar-refractivity contribution in [1.29, 1.82) is 0 Å². The van der Waals surface area contributed by atoms with E-state index < -0.39 is 17.3 Å². The van der Waals surface area contributed by atoms with Crippen molar-refractivity contribution in [3.05, 3.63) is 49.9 Å². The first kappa shape index (κ1) is 14.6. The lowest BCUT2D eigenvalue weighted by atomic mass is 10.1. The standard InChI is InChI=1S/C11H6Cl2F3NOS/c12-6-3-1-2-5(8(6)13)9(18)7-4-17-10(19-7)11(14,15)16/h1-4,9,18H. The van der Waals surface area contributed by atoms with Crippen LogP contribution < -0.4 is 0 Å². The average Bonchev–Trinajstić information content (AvgIpc) is 2.81. The van der Waals surface area contributed by atoms with Crippen LogP contribution in [-0.4, -0.2) is 10.1 Å². The van der Waals surface area contributed by atoms with Gasteiger partial charge < -0.3 is 5.11 Å². The molecule has 1 N–H and O–H groups in total. The Morgan fingerprint density at radius 1 is 1.26 bits per heavy atom. The Morgan fingerprint density at radius 2 is 1.95 bits per heavy atom. The molecular formula is C11H6Cl2F3NOS. The molecule has 0 spiro atoms. The minimum absolute atomic E-state index is 0.0523. The molecule has 2 nitrogen and oxygen atoms in total. The van der Waals surface area contributed by atoms with Crippen LogP contribution in [0, 0.1) is 0 Å². The molecule has 0 bridgehead atoms. The third kappa shape index (κ3) is 3.02. The van der Waals surface area contributed by atoms with Gasteiger partial charge >= 0.3 is 6.18 Å². The molecule has 102 valence electrons. The van der Waals surface area contributed by atoms with E-state index in [0.29, 0.717) is 11.3 Å². The van der Waals surface area contributed by atoms with Crippen LogP contribution in [0.25, 0.3) is 0 Å². The fraction of sp³-hybridized carbons (Fsp3) is 0.182. The minimum Gasteiger partial charge on any atom is -0.383 e. The van der Waals surface area contributed by atoms with Gasteiger partial charge in [-0.2, -0.15) is 13.2 Å². The second-order valence-electron chi connectivity index (χ2n) is 3.61. The normalized spacial score (nSPS) is 13.6. The number of aliphatic hydroxyl groups is 1. The summed E-state index contributed by atoms with van der Waals surface area (Å²) in [7, 11) is 0. The van der Waals surface area contributed by atoms with E-state index in [4.69, 9.17) is 23.2 Å². The first-order chi connectivity index (χ1) is 8.80. The molecule has 8 heteroatoms. The average molecular weight is 328 g/mol. The zero-order valence-corrected chi connectivity index (χ0v) is 11.4. The third-order valence-electron chi connectivity index (χ3n) is 2.31. The Bertz CT molecular complexity index is 600. The van der Waals surface area contributed by atoms with Crippen molar-refractivity contribution < 1.29 is 18.3 Å². The number of hydrogen-bond acceptors (Lipinski definition) is 3. The number of hydrogen-bond donors (Lipinski definition) is 1. The highest BCUT2D eigenvalue weighted by Gasteiger charge is 2.35. The van der Waals surface area contributed by atoms with E-state index in [0.717, 1.165) is 6.20 Å². The molecule has 0 fully saturated rings. The maximum Gasteiger partial charge on any atom is 0.443 e. The predicted octanol–water partition coefficient (Wildman–Crippen LogP) is 4.55. The van der Waals surface area contributed by atoms with Gasteiger partial charge in [0.25, 0.3) is 0 Å². The van der Waals surface area contributed by atoms with Crippen molar-refractivity contribution in [3.8, 4) is 0 Å². The summed E-state index contributed by atoms with van der Waals surface area (Å²) in [5.41, 5.74) is 0.242. The van der Waals surface area contributed by atoms with Crippen molar-refractivity contribution in [2.75, 3.05) is 0 Å². The van der Waals surface area contributed by atoms with Crippen molar-refractivity contribution in [1.82, 2.24) is 4.98 Å². The Hall–Kier alpha value is -0.820. The van der Waals surface area contributed by atoms with E-state index in [9.17, 15) is 18.3 Å². The van der Waals surface area contributed by atoms with E-state index in [2.05, 4.69) is 4.98 Å². The molecule has 0 saturated carbocycles. The fourth-order valence-electron chi connectivity index (χ4n) is 1.43. The molecule has 19 heavy (non-hydrogen) atoms. The second kappa shape index (κ2) is 5.28. The van der Waals surface area contributed by atoms with Crippen molar-refractivity contribution >= 4 is 34.5 Å². The van der Waals surface area contributed by atoms with Gasteiger partial charge in [-0.1, -0.05) is 35.3 Å². The Balaban J connectivity index is 2.37. The van der Waals surface area contributed by atoms with Crippen molar-refractivity contribution in [2.24, 2.45) is 0 Å². The molecule has 0 amide bonds. The number of rotatable bonds is 2. The van der Waals surface area contributed by atoms with Gasteiger partial charge in [0.1, 0.15) is 6.10 Å². The van der Waals surface area contributed by atoms with Crippen molar-refractivity contribution in [3.63, 3.8) is 0 Å². The largest absolute Gasteiger partial charge is 0.443 e. The number of aliphatic hydroxyl groups excluding tert-OH is 1. The second-order valence-corrected chi connectivity index (χ2v) is 5.46. The van der Waals surface area contributed by atoms with E-state index in [1.165, 1.54) is 12.1 Å². The number of benzene rings is 1. The number of thiazole rings is 1. The van der Waals surface area contributed by atoms with Gasteiger partial charge in [0.2, 0.25) is 0 Å². The molecule has 1 atom stereocenters. The van der Waals surface area contributed by atoms with Crippen LogP contribution in [0.4, 0.5) is 13.2 Å². The van der Waals surface area contributed by atoms with Gasteiger partial charge in [-0.25, -0.2) is 4.98 Å². The van der Waals surface area contributed by atoms with Crippen molar-refractivity contribution in [2.45, 2.75) is 12.3 Å². The molecule has 0 radical (unpaired) electrons. The lowest BCUT2D eigenvalue weighted by Gasteiger charge is -2.11. The number of alkyl halides is 3. The van der Waals surface area contributed by atoms with E-state index in [-0.39, 0.29) is 20.5 Å². The monoisotopic (exact) mass is 327 g/mol. The molecule has 1 aromatic carbocycles. The summed E-state index contributed by atoms with van der Waals surface area (Å²) in [5.74, 6) is 0. The van der Waals surface area contributed by atoms with Crippen LogP contribution in [0.5, 0.6) is 0 Å². The maximum atomic E-state index is 12.4. The molecule has 1 aromatic heterocycles. The van der Waals surface area contributed by atoms with Crippen LogP contribution in [0.1, 0.15) is 21.6 Å². The Morgan fingerprint density at radius 3 is 2.53 bits per heavy atom. The summed E-state index contributed by atoms with van der Waals surface area (Å²) in [5, 5.41) is 9.35. The highest BCUT2D eigenvalue weighted by molar-refractivity contribution is 7.11. The van der Waals surface area contributed by atoms with Gasteiger partial charge in [0, 0.05) is 11.8 Å². The zero-order valence-electron chi connectivity index (χ0n) is 9.08. The topological polar surface area (TPSA) is 33.1 Å². The van der Waals surface area contributed by atoms with Crippen LogP contribution >= 0.6 is 34.5 Å². The van der Waals surface area contributed by atoms with Crippen LogP contribution in [0.15, 0.2) is 24.4 Å². The summed E-state index contributed by atoms with van der Waals surface area (Å²) in [4.78, 5) is 3.30. The minimum atomic E-state index is -4.53. The molecule has 2 aromatic rings. The van der Waals surface area contributed by atoms with Gasteiger partial charge in [-0.3, -0.25) is 0 Å². The van der Waals surface area contributed by atoms with Gasteiger partial charge in [-0.05, 0) is 6.07 Å². The number of aromatic nitrogens is 1. The van der Waals surface area contributed by atoms with Crippen LogP contribution in [0.3, 0.4) is 0 Å². The quantitative estimate of drug-likeness (QED) is 0.877. The smallest absolute Gasteiger partial charge is 0.383 e. The van der Waals surface area contributed by atoms with E-state index >= 15 is 0 Å². The van der Waals surface area contributed by atoms with Gasteiger partial charge in [0.05, 0.1) is 14.9 Å². The number of halogens is 5. The molecule has 1 unspecified atom stereocenters. The molecule has 0 aliphatic carbocycles. The summed E-state index contributed by atoms with van der Waals surface area (Å²) in [6.45, 7) is 0. The molecule has 1 heterocycles. The van der Waals surface area contributed by atoms with Gasteiger partial charge in [0.15, 0.2) is 5.01 Å². The summed E-state index contributed by atoms with van der Waals surface area (Å²) < 4.78 is 37.3. The SMILES string of the molecule is OC(c1cnc(C(F)(F)F)s1)c1cccc(Cl)c1Cl. The highest BCUT2D eigenvalue weighted by atomic mass is 35.5. The lowest BCUT2D eigenvalue weighted by molar-refractivity contribution is -0.137. The summed E-state index contributed by atoms with van der Waals surface area (Å²) in [6.07, 6.45) is -4.84. The lowest BCUT2D eigenvalue weighted by Crippen LogP contribution is -2.03. The predicted molar refractivity (Wildman–Crippen MR) is 67.6 cm³/mol. The molecule has 2 rings (SSSR count). The zero-order chi connectivity index (χ0) is 14.2. The van der Waals surface area contributed by atoms with Crippen LogP contribution in [0.2, 0.25) is 10.0 Å². The molecule has 0 aliphatic rings. The van der Waals surface area contributed by atoms with E-state index in [1.54, 1.807) is 6.07 Å². The molecule has 0 saturated heterocycles. The molecular weight excluding hydrogens is 322 g/mol. The Labute approximate surface area is 120 Å². The van der Waals surface area contributed by atoms with Crippen LogP contribution in [-0.2, 0) is 6.18 Å². The first-order valence-corrected chi connectivity index (χ1v) is 6.53.